The van der Waals surface area contributed by atoms with Crippen molar-refractivity contribution in [1.82, 2.24) is 0 Å². The van der Waals surface area contributed by atoms with Gasteiger partial charge in [-0.25, -0.2) is 0 Å². The molecule has 140 valence electrons. The van der Waals surface area contributed by atoms with E-state index in [4.69, 9.17) is 10.5 Å². The minimum atomic E-state index is -0.575. The smallest absolute Gasteiger partial charge is 0.265 e. The van der Waals surface area contributed by atoms with Crippen molar-refractivity contribution in [2.75, 3.05) is 23.3 Å². The number of rotatable bonds is 4. The first kappa shape index (κ1) is 17.4. The van der Waals surface area contributed by atoms with Gasteiger partial charge in [-0.2, -0.15) is 0 Å². The van der Waals surface area contributed by atoms with Gasteiger partial charge in [-0.1, -0.05) is 18.2 Å². The summed E-state index contributed by atoms with van der Waals surface area (Å²) >= 11 is 0. The zero-order chi connectivity index (χ0) is 18.8. The quantitative estimate of drug-likeness (QED) is 0.872. The minimum absolute atomic E-state index is 0.217. The maximum atomic E-state index is 12.8. The molecule has 6 heteroatoms. The first-order valence-corrected chi connectivity index (χ1v) is 9.36. The first-order chi connectivity index (χ1) is 13.1. The number of carbonyl (C=O) groups is 2. The molecule has 0 saturated carbocycles. The van der Waals surface area contributed by atoms with Gasteiger partial charge in [0, 0.05) is 25.1 Å². The van der Waals surface area contributed by atoms with E-state index in [0.717, 1.165) is 42.9 Å². The van der Waals surface area contributed by atoms with E-state index in [9.17, 15) is 9.59 Å². The first-order valence-electron chi connectivity index (χ1n) is 9.36. The van der Waals surface area contributed by atoms with Gasteiger partial charge in [0.05, 0.1) is 11.4 Å². The van der Waals surface area contributed by atoms with Crippen molar-refractivity contribution in [3.8, 4) is 5.75 Å². The summed E-state index contributed by atoms with van der Waals surface area (Å²) < 4.78 is 5.79. The molecule has 6 nitrogen and oxygen atoms in total. The Balaban J connectivity index is 1.57. The predicted octanol–water partition coefficient (Wildman–Crippen LogP) is 2.72. The summed E-state index contributed by atoms with van der Waals surface area (Å²) in [5.74, 6) is 0.0195. The number of hydrogen-bond acceptors (Lipinski definition) is 4. The lowest BCUT2D eigenvalue weighted by atomic mass is 10.1. The molecule has 1 saturated heterocycles. The molecule has 0 aromatic heterocycles. The number of primary amides is 1. The monoisotopic (exact) mass is 365 g/mol. The van der Waals surface area contributed by atoms with Crippen LogP contribution in [0.3, 0.4) is 0 Å². The molecule has 2 heterocycles. The molecule has 2 aromatic carbocycles. The summed E-state index contributed by atoms with van der Waals surface area (Å²) in [4.78, 5) is 26.7. The van der Waals surface area contributed by atoms with Crippen LogP contribution in [0.25, 0.3) is 0 Å². The third-order valence-electron chi connectivity index (χ3n) is 5.18. The van der Waals surface area contributed by atoms with Crippen molar-refractivity contribution in [3.05, 3.63) is 53.6 Å². The van der Waals surface area contributed by atoms with Crippen molar-refractivity contribution in [3.63, 3.8) is 0 Å². The molecule has 2 aromatic rings. The van der Waals surface area contributed by atoms with E-state index in [1.54, 1.807) is 12.1 Å². The SMILES string of the molecule is NC(=O)c1ccc(N2CCCCC2)c(NC(=O)C2Cc3ccccc3O2)c1. The van der Waals surface area contributed by atoms with Gasteiger partial charge in [-0.15, -0.1) is 0 Å². The average Bonchev–Trinajstić information content (AvgIpc) is 3.13. The normalized spacial score (nSPS) is 18.5. The molecule has 2 aliphatic rings. The number of para-hydroxylation sites is 1. The summed E-state index contributed by atoms with van der Waals surface area (Å²) in [6, 6.07) is 12.9. The van der Waals surface area contributed by atoms with Gasteiger partial charge in [0.2, 0.25) is 5.91 Å². The van der Waals surface area contributed by atoms with Crippen LogP contribution < -0.4 is 20.7 Å². The molecular formula is C21H23N3O3. The predicted molar refractivity (Wildman–Crippen MR) is 104 cm³/mol. The lowest BCUT2D eigenvalue weighted by Gasteiger charge is -2.31. The molecule has 0 bridgehead atoms. The zero-order valence-corrected chi connectivity index (χ0v) is 15.1. The minimum Gasteiger partial charge on any atom is -0.480 e. The Hall–Kier alpha value is -3.02. The lowest BCUT2D eigenvalue weighted by molar-refractivity contribution is -0.122. The largest absolute Gasteiger partial charge is 0.480 e. The van der Waals surface area contributed by atoms with Crippen LogP contribution in [0.2, 0.25) is 0 Å². The fourth-order valence-corrected chi connectivity index (χ4v) is 3.74. The molecule has 3 N–H and O–H groups in total. The van der Waals surface area contributed by atoms with Crippen molar-refractivity contribution in [2.24, 2.45) is 5.73 Å². The summed E-state index contributed by atoms with van der Waals surface area (Å²) in [5, 5.41) is 2.97. The van der Waals surface area contributed by atoms with E-state index in [0.29, 0.717) is 17.7 Å². The molecule has 2 amide bonds. The maximum absolute atomic E-state index is 12.8. The van der Waals surface area contributed by atoms with Gasteiger partial charge >= 0.3 is 0 Å². The number of nitrogens with zero attached hydrogens (tertiary/aromatic N) is 1. The summed E-state index contributed by atoms with van der Waals surface area (Å²) in [7, 11) is 0. The molecule has 0 spiro atoms. The topological polar surface area (TPSA) is 84.7 Å². The standard InChI is InChI=1S/C21H23N3O3/c22-20(25)15-8-9-17(24-10-4-1-5-11-24)16(12-15)23-21(26)19-13-14-6-2-3-7-18(14)27-19/h2-3,6-9,12,19H,1,4-5,10-11,13H2,(H2,22,25)(H,23,26). The van der Waals surface area contributed by atoms with Crippen LogP contribution in [0.1, 0.15) is 35.2 Å². The molecule has 1 fully saturated rings. The van der Waals surface area contributed by atoms with E-state index in [2.05, 4.69) is 10.2 Å². The molecule has 2 aliphatic heterocycles. The van der Waals surface area contributed by atoms with Crippen LogP contribution in [0.5, 0.6) is 5.75 Å². The highest BCUT2D eigenvalue weighted by molar-refractivity contribution is 6.01. The lowest BCUT2D eigenvalue weighted by Crippen LogP contribution is -2.34. The van der Waals surface area contributed by atoms with E-state index in [1.165, 1.54) is 6.42 Å². The Labute approximate surface area is 158 Å². The van der Waals surface area contributed by atoms with Crippen molar-refractivity contribution in [1.29, 1.82) is 0 Å². The highest BCUT2D eigenvalue weighted by Crippen LogP contribution is 2.32. The fourth-order valence-electron chi connectivity index (χ4n) is 3.74. The molecule has 4 rings (SSSR count). The number of carbonyl (C=O) groups excluding carboxylic acids is 2. The Bertz CT molecular complexity index is 850. The van der Waals surface area contributed by atoms with Gasteiger partial charge < -0.3 is 20.7 Å². The number of piperidine rings is 1. The van der Waals surface area contributed by atoms with Gasteiger partial charge in [-0.3, -0.25) is 9.59 Å². The molecule has 27 heavy (non-hydrogen) atoms. The van der Waals surface area contributed by atoms with E-state index in [1.807, 2.05) is 30.3 Å². The second-order valence-corrected chi connectivity index (χ2v) is 7.05. The summed E-state index contributed by atoms with van der Waals surface area (Å²) in [6.45, 7) is 1.87. The van der Waals surface area contributed by atoms with Gasteiger partial charge in [0.25, 0.3) is 5.91 Å². The highest BCUT2D eigenvalue weighted by Gasteiger charge is 2.29. The fraction of sp³-hybridized carbons (Fsp3) is 0.333. The number of nitrogens with two attached hydrogens (primary N) is 1. The van der Waals surface area contributed by atoms with E-state index >= 15 is 0 Å². The zero-order valence-electron chi connectivity index (χ0n) is 15.1. The molecule has 1 unspecified atom stereocenters. The van der Waals surface area contributed by atoms with Crippen molar-refractivity contribution < 1.29 is 14.3 Å². The Morgan fingerprint density at radius 2 is 1.85 bits per heavy atom. The van der Waals surface area contributed by atoms with E-state index < -0.39 is 12.0 Å². The number of nitrogens with one attached hydrogen (secondary N) is 1. The van der Waals surface area contributed by atoms with Gasteiger partial charge in [0.1, 0.15) is 5.75 Å². The number of benzene rings is 2. The third-order valence-corrected chi connectivity index (χ3v) is 5.18. The molecular weight excluding hydrogens is 342 g/mol. The summed E-state index contributed by atoms with van der Waals surface area (Å²) in [5.41, 5.74) is 8.36. The van der Waals surface area contributed by atoms with Crippen LogP contribution >= 0.6 is 0 Å². The number of anilines is 2. The summed E-state index contributed by atoms with van der Waals surface area (Å²) in [6.07, 6.45) is 3.41. The van der Waals surface area contributed by atoms with Crippen LogP contribution in [-0.4, -0.2) is 31.0 Å². The second kappa shape index (κ2) is 7.31. The van der Waals surface area contributed by atoms with Crippen LogP contribution in [0.4, 0.5) is 11.4 Å². The van der Waals surface area contributed by atoms with E-state index in [-0.39, 0.29) is 5.91 Å². The molecule has 1 atom stereocenters. The Kier molecular flexibility index (Phi) is 4.71. The highest BCUT2D eigenvalue weighted by atomic mass is 16.5. The molecule has 0 aliphatic carbocycles. The van der Waals surface area contributed by atoms with Gasteiger partial charge in [-0.05, 0) is 49.1 Å². The average molecular weight is 365 g/mol. The van der Waals surface area contributed by atoms with Crippen molar-refractivity contribution in [2.45, 2.75) is 31.8 Å². The van der Waals surface area contributed by atoms with Gasteiger partial charge in [0.15, 0.2) is 6.10 Å². The van der Waals surface area contributed by atoms with Crippen LogP contribution in [0, 0.1) is 0 Å². The number of hydrogen-bond donors (Lipinski definition) is 2. The number of ether oxygens (including phenoxy) is 1. The number of fused-ring (bicyclic) bond motifs is 1. The van der Waals surface area contributed by atoms with Crippen LogP contribution in [0.15, 0.2) is 42.5 Å². The Morgan fingerprint density at radius 1 is 1.07 bits per heavy atom. The molecule has 0 radical (unpaired) electrons. The second-order valence-electron chi connectivity index (χ2n) is 7.05. The maximum Gasteiger partial charge on any atom is 0.265 e. The van der Waals surface area contributed by atoms with Crippen LogP contribution in [-0.2, 0) is 11.2 Å². The van der Waals surface area contributed by atoms with Crippen molar-refractivity contribution >= 4 is 23.2 Å². The Morgan fingerprint density at radius 3 is 2.59 bits per heavy atom. The third kappa shape index (κ3) is 3.60. The number of amides is 2.